The maximum Gasteiger partial charge on any atom is 0.284 e. The van der Waals surface area contributed by atoms with Crippen LogP contribution >= 0.6 is 0 Å². The van der Waals surface area contributed by atoms with Crippen molar-refractivity contribution in [2.75, 3.05) is 5.32 Å². The van der Waals surface area contributed by atoms with Gasteiger partial charge in [-0.3, -0.25) is 5.32 Å². The number of hydrogen-bond acceptors (Lipinski definition) is 3. The van der Waals surface area contributed by atoms with E-state index < -0.39 is 6.09 Å². The molecule has 2 N–H and O–H groups in total. The molecular formula is C6H7FN4. The van der Waals surface area contributed by atoms with Crippen molar-refractivity contribution in [2.45, 2.75) is 13.0 Å². The van der Waals surface area contributed by atoms with E-state index in [1.165, 1.54) is 6.33 Å². The number of rotatable bonds is 0. The highest BCUT2D eigenvalue weighted by atomic mass is 19.1. The Bertz CT molecular complexity index is 303. The average Bonchev–Trinajstić information content (AvgIpc) is 2.34. The van der Waals surface area contributed by atoms with E-state index in [2.05, 4.69) is 20.3 Å². The molecule has 2 heterocycles. The number of aliphatic imine (C=N–C) groups is 1. The van der Waals surface area contributed by atoms with E-state index in [4.69, 9.17) is 0 Å². The first kappa shape index (κ1) is 6.33. The number of anilines is 1. The number of halogens is 1. The van der Waals surface area contributed by atoms with Crippen molar-refractivity contribution in [3.8, 4) is 0 Å². The molecule has 5 heteroatoms. The van der Waals surface area contributed by atoms with E-state index in [1.54, 1.807) is 6.92 Å². The lowest BCUT2D eigenvalue weighted by Gasteiger charge is -2.12. The monoisotopic (exact) mass is 154 g/mol. The third-order valence-electron chi connectivity index (χ3n) is 1.62. The Hall–Kier alpha value is -1.39. The van der Waals surface area contributed by atoms with E-state index in [9.17, 15) is 4.39 Å². The highest BCUT2D eigenvalue weighted by Gasteiger charge is 2.19. The van der Waals surface area contributed by atoms with Gasteiger partial charge in [-0.2, -0.15) is 4.39 Å². The van der Waals surface area contributed by atoms with E-state index >= 15 is 0 Å². The van der Waals surface area contributed by atoms with Crippen LogP contribution in [0.2, 0.25) is 0 Å². The zero-order chi connectivity index (χ0) is 7.84. The van der Waals surface area contributed by atoms with E-state index in [0.717, 1.165) is 5.69 Å². The third kappa shape index (κ3) is 0.886. The fourth-order valence-corrected chi connectivity index (χ4v) is 1.09. The number of hydrogen-bond donors (Lipinski definition) is 2. The molecular weight excluding hydrogens is 147 g/mol. The van der Waals surface area contributed by atoms with Gasteiger partial charge in [0.25, 0.3) is 6.09 Å². The summed E-state index contributed by atoms with van der Waals surface area (Å²) in [7, 11) is 0. The predicted molar refractivity (Wildman–Crippen MR) is 39.2 cm³/mol. The number of imidazole rings is 1. The lowest BCUT2D eigenvalue weighted by molar-refractivity contribution is 0.712. The van der Waals surface area contributed by atoms with Crippen molar-refractivity contribution in [3.05, 3.63) is 12.0 Å². The Balaban J connectivity index is 2.45. The van der Waals surface area contributed by atoms with Crippen LogP contribution in [0, 0.1) is 0 Å². The van der Waals surface area contributed by atoms with Crippen molar-refractivity contribution in [1.29, 1.82) is 0 Å². The minimum absolute atomic E-state index is 0.172. The van der Waals surface area contributed by atoms with E-state index in [1.807, 2.05) is 0 Å². The number of aromatic amines is 1. The summed E-state index contributed by atoms with van der Waals surface area (Å²) >= 11 is 0. The van der Waals surface area contributed by atoms with Gasteiger partial charge in [-0.05, 0) is 6.92 Å². The van der Waals surface area contributed by atoms with Gasteiger partial charge in [-0.15, -0.1) is 0 Å². The molecule has 1 atom stereocenters. The molecule has 0 fully saturated rings. The van der Waals surface area contributed by atoms with Crippen LogP contribution in [0.1, 0.15) is 18.7 Å². The second-order valence-electron chi connectivity index (χ2n) is 2.39. The number of H-pyrrole nitrogens is 1. The zero-order valence-electron chi connectivity index (χ0n) is 5.93. The molecule has 0 aromatic carbocycles. The number of nitrogens with one attached hydrogen (secondary N) is 2. The Morgan fingerprint density at radius 3 is 3.27 bits per heavy atom. The molecule has 11 heavy (non-hydrogen) atoms. The van der Waals surface area contributed by atoms with Crippen LogP contribution < -0.4 is 5.32 Å². The fraction of sp³-hybridized carbons (Fsp3) is 0.333. The highest BCUT2D eigenvalue weighted by molar-refractivity contribution is 5.89. The summed E-state index contributed by atoms with van der Waals surface area (Å²) in [4.78, 5) is 10.4. The molecule has 0 aliphatic carbocycles. The average molecular weight is 154 g/mol. The van der Waals surface area contributed by atoms with Gasteiger partial charge in [0.15, 0.2) is 5.82 Å². The van der Waals surface area contributed by atoms with Crippen molar-refractivity contribution < 1.29 is 4.39 Å². The van der Waals surface area contributed by atoms with Crippen LogP contribution in [-0.2, 0) is 0 Å². The number of nitrogens with zero attached hydrogens (tertiary/aromatic N) is 2. The summed E-state index contributed by atoms with van der Waals surface area (Å²) in [6.45, 7) is 1.80. The molecule has 1 aliphatic rings. The molecule has 0 radical (unpaired) electrons. The van der Waals surface area contributed by atoms with Crippen molar-refractivity contribution in [2.24, 2.45) is 4.99 Å². The first-order chi connectivity index (χ1) is 5.27. The number of fused-ring (bicyclic) bond motifs is 1. The number of aromatic nitrogens is 2. The highest BCUT2D eigenvalue weighted by Crippen LogP contribution is 2.25. The summed E-state index contributed by atoms with van der Waals surface area (Å²) in [6, 6.07) is -0.172. The van der Waals surface area contributed by atoms with Crippen molar-refractivity contribution in [1.82, 2.24) is 9.97 Å². The molecule has 4 nitrogen and oxygen atoms in total. The van der Waals surface area contributed by atoms with Crippen LogP contribution in [-0.4, -0.2) is 16.1 Å². The van der Waals surface area contributed by atoms with Gasteiger partial charge < -0.3 is 4.98 Å². The second-order valence-corrected chi connectivity index (χ2v) is 2.39. The molecule has 1 aliphatic heterocycles. The lowest BCUT2D eigenvalue weighted by atomic mass is 10.2. The largest absolute Gasteiger partial charge is 0.345 e. The lowest BCUT2D eigenvalue weighted by Crippen LogP contribution is -2.14. The topological polar surface area (TPSA) is 53.1 Å². The zero-order valence-corrected chi connectivity index (χ0v) is 5.93. The third-order valence-corrected chi connectivity index (χ3v) is 1.62. The maximum absolute atomic E-state index is 12.6. The molecule has 2 rings (SSSR count). The van der Waals surface area contributed by atoms with Gasteiger partial charge in [0.1, 0.15) is 0 Å². The summed E-state index contributed by atoms with van der Waals surface area (Å²) in [5.41, 5.74) is 0.825. The maximum atomic E-state index is 12.6. The summed E-state index contributed by atoms with van der Waals surface area (Å²) in [6.07, 6.45) is 0.944. The van der Waals surface area contributed by atoms with Gasteiger partial charge in [0.05, 0.1) is 18.1 Å². The molecule has 0 bridgehead atoms. The number of amidine groups is 1. The summed E-state index contributed by atoms with van der Waals surface area (Å²) < 4.78 is 12.6. The Kier molecular flexibility index (Phi) is 1.18. The standard InChI is InChI=1S/C6H7FN4/c1-3-4-5(9-2-8-4)11-6(7)10-3/h2-3H,1H3,(H,8,9)(H,10,11). The normalized spacial score (nSPS) is 22.0. The first-order valence-corrected chi connectivity index (χ1v) is 3.31. The second kappa shape index (κ2) is 2.05. The van der Waals surface area contributed by atoms with Crippen LogP contribution in [0.4, 0.5) is 10.2 Å². The quantitative estimate of drug-likeness (QED) is 0.552. The van der Waals surface area contributed by atoms with Gasteiger partial charge in [-0.25, -0.2) is 9.98 Å². The van der Waals surface area contributed by atoms with Gasteiger partial charge in [0.2, 0.25) is 0 Å². The Morgan fingerprint density at radius 1 is 1.64 bits per heavy atom. The molecule has 0 saturated carbocycles. The summed E-state index contributed by atoms with van der Waals surface area (Å²) in [5.74, 6) is 0.532. The van der Waals surface area contributed by atoms with Crippen LogP contribution in [0.5, 0.6) is 0 Å². The molecule has 0 saturated heterocycles. The molecule has 1 aromatic heterocycles. The van der Waals surface area contributed by atoms with Crippen molar-refractivity contribution >= 4 is 11.9 Å². The molecule has 1 aromatic rings. The Morgan fingerprint density at radius 2 is 2.45 bits per heavy atom. The van der Waals surface area contributed by atoms with Crippen LogP contribution in [0.25, 0.3) is 0 Å². The van der Waals surface area contributed by atoms with Crippen LogP contribution in [0.3, 0.4) is 0 Å². The minimum atomic E-state index is -0.572. The molecule has 0 amide bonds. The molecule has 58 valence electrons. The van der Waals surface area contributed by atoms with Gasteiger partial charge >= 0.3 is 0 Å². The fourth-order valence-electron chi connectivity index (χ4n) is 1.09. The van der Waals surface area contributed by atoms with Crippen LogP contribution in [0.15, 0.2) is 11.3 Å². The minimum Gasteiger partial charge on any atom is -0.345 e. The van der Waals surface area contributed by atoms with E-state index in [-0.39, 0.29) is 6.04 Å². The summed E-state index contributed by atoms with van der Waals surface area (Å²) in [5, 5.41) is 2.41. The molecule has 1 unspecified atom stereocenters. The van der Waals surface area contributed by atoms with Crippen molar-refractivity contribution in [3.63, 3.8) is 0 Å². The molecule has 0 spiro atoms. The van der Waals surface area contributed by atoms with Gasteiger partial charge in [0, 0.05) is 0 Å². The van der Waals surface area contributed by atoms with Gasteiger partial charge in [-0.1, -0.05) is 0 Å². The van der Waals surface area contributed by atoms with E-state index in [0.29, 0.717) is 5.82 Å². The SMILES string of the molecule is CC1N=C(F)Nc2nc[nH]c21. The smallest absolute Gasteiger partial charge is 0.284 e. The Labute approximate surface area is 62.6 Å². The first-order valence-electron chi connectivity index (χ1n) is 3.31. The predicted octanol–water partition coefficient (Wildman–Crippen LogP) is 1.22.